The minimum atomic E-state index is -1.38. The average molecular weight is 282 g/mol. The molecule has 112 valence electrons. The Bertz CT molecular complexity index is 461. The van der Waals surface area contributed by atoms with Crippen LogP contribution in [0.3, 0.4) is 0 Å². The Morgan fingerprint density at radius 1 is 1.15 bits per heavy atom. The van der Waals surface area contributed by atoms with Crippen molar-refractivity contribution >= 4 is 5.97 Å². The van der Waals surface area contributed by atoms with Crippen LogP contribution < -0.4 is 0 Å². The number of carbonyl (C=O) groups excluding carboxylic acids is 1. The summed E-state index contributed by atoms with van der Waals surface area (Å²) in [6, 6.07) is 0. The van der Waals surface area contributed by atoms with Gasteiger partial charge in [-0.15, -0.1) is 0 Å². The maximum atomic E-state index is 12.2. The molecule has 2 bridgehead atoms. The van der Waals surface area contributed by atoms with Crippen LogP contribution in [0.4, 0.5) is 0 Å². The summed E-state index contributed by atoms with van der Waals surface area (Å²) in [5.41, 5.74) is -0.544. The Morgan fingerprint density at radius 2 is 1.90 bits per heavy atom. The molecule has 0 amide bonds. The zero-order valence-electron chi connectivity index (χ0n) is 12.2. The van der Waals surface area contributed by atoms with E-state index in [1.165, 1.54) is 0 Å². The maximum absolute atomic E-state index is 12.2. The van der Waals surface area contributed by atoms with Crippen LogP contribution in [0.5, 0.6) is 0 Å². The summed E-state index contributed by atoms with van der Waals surface area (Å²) >= 11 is 0. The molecular weight excluding hydrogens is 260 g/mol. The Hall–Kier alpha value is -0.650. The van der Waals surface area contributed by atoms with Crippen LogP contribution in [-0.4, -0.2) is 28.6 Å². The number of hydrogen-bond acceptors (Lipinski definition) is 5. The molecule has 4 aliphatic rings. The van der Waals surface area contributed by atoms with Gasteiger partial charge >= 0.3 is 5.97 Å². The van der Waals surface area contributed by atoms with Crippen LogP contribution in [-0.2, 0) is 19.3 Å². The van der Waals surface area contributed by atoms with E-state index in [9.17, 15) is 9.90 Å². The molecule has 2 aliphatic carbocycles. The number of aliphatic hydroxyl groups is 1. The first kappa shape index (κ1) is 13.0. The third-order valence-electron chi connectivity index (χ3n) is 6.36. The molecule has 0 aromatic heterocycles. The minimum absolute atomic E-state index is 0.135. The van der Waals surface area contributed by atoms with E-state index in [0.29, 0.717) is 11.8 Å². The van der Waals surface area contributed by atoms with E-state index in [0.717, 1.165) is 19.3 Å². The Morgan fingerprint density at radius 3 is 2.65 bits per heavy atom. The van der Waals surface area contributed by atoms with Crippen molar-refractivity contribution in [1.82, 2.24) is 0 Å². The Balaban J connectivity index is 1.84. The van der Waals surface area contributed by atoms with Gasteiger partial charge in [0.05, 0.1) is 11.8 Å². The van der Waals surface area contributed by atoms with Crippen molar-refractivity contribution in [2.75, 3.05) is 0 Å². The molecule has 0 radical (unpaired) electrons. The number of esters is 1. The zero-order chi connectivity index (χ0) is 14.3. The summed E-state index contributed by atoms with van der Waals surface area (Å²) in [7, 11) is 0. The number of ether oxygens (including phenoxy) is 1. The lowest BCUT2D eigenvalue weighted by atomic mass is 9.60. The quantitative estimate of drug-likeness (QED) is 0.540. The number of rotatable bonds is 0. The smallest absolute Gasteiger partial charge is 0.309 e. The summed E-state index contributed by atoms with van der Waals surface area (Å²) in [4.78, 5) is 23.3. The van der Waals surface area contributed by atoms with Crippen LogP contribution in [0.25, 0.3) is 0 Å². The fourth-order valence-electron chi connectivity index (χ4n) is 5.24. The number of carbonyl (C=O) groups is 1. The Labute approximate surface area is 118 Å². The molecule has 0 aromatic rings. The van der Waals surface area contributed by atoms with E-state index in [1.54, 1.807) is 6.92 Å². The lowest BCUT2D eigenvalue weighted by Gasteiger charge is -2.56. The SMILES string of the molecule is CC1CCC2C(C)C(=O)OC3C4CC1C23OOC4(C)O. The van der Waals surface area contributed by atoms with Gasteiger partial charge in [-0.3, -0.25) is 4.79 Å². The van der Waals surface area contributed by atoms with Crippen LogP contribution in [0.2, 0.25) is 0 Å². The van der Waals surface area contributed by atoms with Gasteiger partial charge in [0.1, 0.15) is 11.7 Å². The van der Waals surface area contributed by atoms with E-state index in [-0.39, 0.29) is 29.8 Å². The van der Waals surface area contributed by atoms with Crippen molar-refractivity contribution < 1.29 is 24.4 Å². The fraction of sp³-hybridized carbons (Fsp3) is 0.933. The maximum Gasteiger partial charge on any atom is 0.309 e. The van der Waals surface area contributed by atoms with E-state index in [2.05, 4.69) is 6.92 Å². The summed E-state index contributed by atoms with van der Waals surface area (Å²) in [6.07, 6.45) is 2.49. The summed E-state index contributed by atoms with van der Waals surface area (Å²) in [5.74, 6) is -0.958. The minimum Gasteiger partial charge on any atom is -0.458 e. The predicted octanol–water partition coefficient (Wildman–Crippen LogP) is 1.64. The molecule has 1 N–H and O–H groups in total. The molecule has 8 unspecified atom stereocenters. The third kappa shape index (κ3) is 1.32. The largest absolute Gasteiger partial charge is 0.458 e. The second kappa shape index (κ2) is 3.76. The van der Waals surface area contributed by atoms with Gasteiger partial charge in [0, 0.05) is 5.92 Å². The summed E-state index contributed by atoms with van der Waals surface area (Å²) in [6.45, 7) is 5.76. The van der Waals surface area contributed by atoms with Crippen LogP contribution >= 0.6 is 0 Å². The van der Waals surface area contributed by atoms with Crippen molar-refractivity contribution in [2.24, 2.45) is 29.6 Å². The van der Waals surface area contributed by atoms with Gasteiger partial charge < -0.3 is 9.84 Å². The van der Waals surface area contributed by atoms with Gasteiger partial charge in [-0.25, -0.2) is 9.78 Å². The highest BCUT2D eigenvalue weighted by molar-refractivity contribution is 5.74. The molecule has 2 aliphatic heterocycles. The first-order valence-corrected chi connectivity index (χ1v) is 7.67. The van der Waals surface area contributed by atoms with Crippen molar-refractivity contribution in [3.63, 3.8) is 0 Å². The summed E-state index contributed by atoms with van der Waals surface area (Å²) < 4.78 is 5.70. The van der Waals surface area contributed by atoms with Crippen molar-refractivity contribution in [3.8, 4) is 0 Å². The molecule has 5 nitrogen and oxygen atoms in total. The highest BCUT2D eigenvalue weighted by Crippen LogP contribution is 2.64. The zero-order valence-corrected chi connectivity index (χ0v) is 12.2. The molecule has 2 heterocycles. The van der Waals surface area contributed by atoms with E-state index < -0.39 is 11.4 Å². The molecule has 8 atom stereocenters. The standard InChI is InChI=1S/C15H22O5/c1-7-4-5-9-8(2)13(16)18-12-11-6-10(7)15(9,12)20-19-14(11,3)17/h7-12,17H,4-6H2,1-3H3. The predicted molar refractivity (Wildman–Crippen MR) is 68.1 cm³/mol. The lowest BCUT2D eigenvalue weighted by Crippen LogP contribution is -2.68. The van der Waals surface area contributed by atoms with Gasteiger partial charge in [-0.05, 0) is 38.0 Å². The van der Waals surface area contributed by atoms with Crippen molar-refractivity contribution in [1.29, 1.82) is 0 Å². The molecular formula is C15H22O5. The molecule has 2 saturated carbocycles. The van der Waals surface area contributed by atoms with Crippen molar-refractivity contribution in [3.05, 3.63) is 0 Å². The molecule has 20 heavy (non-hydrogen) atoms. The van der Waals surface area contributed by atoms with E-state index in [4.69, 9.17) is 14.5 Å². The molecule has 2 saturated heterocycles. The van der Waals surface area contributed by atoms with Gasteiger partial charge in [-0.2, -0.15) is 0 Å². The molecule has 5 heteroatoms. The summed E-state index contributed by atoms with van der Waals surface area (Å²) in [5, 5.41) is 10.4. The highest BCUT2D eigenvalue weighted by Gasteiger charge is 2.74. The number of hydrogen-bond donors (Lipinski definition) is 1. The van der Waals surface area contributed by atoms with Gasteiger partial charge in [0.15, 0.2) is 0 Å². The molecule has 4 fully saturated rings. The van der Waals surface area contributed by atoms with Gasteiger partial charge in [-0.1, -0.05) is 13.8 Å². The van der Waals surface area contributed by atoms with Crippen molar-refractivity contribution in [2.45, 2.75) is 57.5 Å². The fourth-order valence-corrected chi connectivity index (χ4v) is 5.24. The van der Waals surface area contributed by atoms with Crippen LogP contribution in [0.1, 0.15) is 40.0 Å². The second-order valence-corrected chi connectivity index (χ2v) is 7.33. The molecule has 4 rings (SSSR count). The first-order chi connectivity index (χ1) is 9.38. The third-order valence-corrected chi connectivity index (χ3v) is 6.36. The highest BCUT2D eigenvalue weighted by atomic mass is 17.2. The second-order valence-electron chi connectivity index (χ2n) is 7.33. The monoisotopic (exact) mass is 282 g/mol. The lowest BCUT2D eigenvalue weighted by molar-refractivity contribution is -0.517. The van der Waals surface area contributed by atoms with Gasteiger partial charge in [0.25, 0.3) is 0 Å². The normalized spacial score (nSPS) is 60.9. The molecule has 0 aromatic carbocycles. The van der Waals surface area contributed by atoms with Crippen LogP contribution in [0.15, 0.2) is 0 Å². The van der Waals surface area contributed by atoms with Gasteiger partial charge in [0.2, 0.25) is 5.79 Å². The topological polar surface area (TPSA) is 65.0 Å². The average Bonchev–Trinajstić information content (AvgIpc) is 2.66. The first-order valence-electron chi connectivity index (χ1n) is 7.67. The van der Waals surface area contributed by atoms with E-state index >= 15 is 0 Å². The Kier molecular flexibility index (Phi) is 2.45. The molecule has 1 spiro atoms. The van der Waals surface area contributed by atoms with E-state index in [1.807, 2.05) is 6.92 Å². The van der Waals surface area contributed by atoms with Crippen LogP contribution in [0, 0.1) is 29.6 Å².